The van der Waals surface area contributed by atoms with Crippen molar-refractivity contribution < 1.29 is 4.74 Å². The molecule has 0 amide bonds. The molecule has 3 heteroatoms. The summed E-state index contributed by atoms with van der Waals surface area (Å²) in [4.78, 5) is 2.35. The van der Waals surface area contributed by atoms with E-state index < -0.39 is 0 Å². The van der Waals surface area contributed by atoms with E-state index in [1.54, 1.807) is 0 Å². The van der Waals surface area contributed by atoms with Gasteiger partial charge in [0.15, 0.2) is 0 Å². The topological polar surface area (TPSA) is 17.4 Å². The molecular weight excluding hydrogens is 693 g/mol. The van der Waals surface area contributed by atoms with E-state index in [1.165, 1.54) is 49.1 Å². The second-order valence-corrected chi connectivity index (χ2v) is 16.0. The Morgan fingerprint density at radius 2 is 1.32 bits per heavy atom. The highest BCUT2D eigenvalue weighted by Crippen LogP contribution is 2.49. The molecule has 0 spiro atoms. The van der Waals surface area contributed by atoms with Gasteiger partial charge in [-0.25, -0.2) is 0 Å². The average Bonchev–Trinajstić information content (AvgIpc) is 3.60. The Kier molecular flexibility index (Phi) is 7.42. The Morgan fingerprint density at radius 3 is 2.21 bits per heavy atom. The van der Waals surface area contributed by atoms with Crippen molar-refractivity contribution in [2.24, 2.45) is 0 Å². The van der Waals surface area contributed by atoms with Crippen LogP contribution in [0.1, 0.15) is 31.4 Å². The minimum atomic E-state index is -0.0845. The summed E-state index contributed by atoms with van der Waals surface area (Å²) in [7, 11) is 0. The zero-order valence-corrected chi connectivity index (χ0v) is 32.0. The molecule has 2 heterocycles. The van der Waals surface area contributed by atoms with Crippen LogP contribution in [0, 0.1) is 0 Å². The molecule has 272 valence electrons. The lowest BCUT2D eigenvalue weighted by atomic mass is 9.77. The highest BCUT2D eigenvalue weighted by Gasteiger charge is 2.27. The Bertz CT molecular complexity index is 3170. The van der Waals surface area contributed by atoms with Crippen LogP contribution in [0.2, 0.25) is 0 Å². The third kappa shape index (κ3) is 5.27. The summed E-state index contributed by atoms with van der Waals surface area (Å²) in [5.41, 5.74) is 12.4. The molecular formula is C54H40N2O. The lowest BCUT2D eigenvalue weighted by molar-refractivity contribution is 0.487. The second-order valence-electron chi connectivity index (χ2n) is 16.0. The summed E-state index contributed by atoms with van der Waals surface area (Å²) in [6.07, 6.45) is 9.58. The quantitative estimate of drug-likeness (QED) is 0.179. The van der Waals surface area contributed by atoms with E-state index in [0.29, 0.717) is 0 Å². The van der Waals surface area contributed by atoms with Crippen LogP contribution in [0.3, 0.4) is 0 Å². The first-order valence-electron chi connectivity index (χ1n) is 19.8. The molecule has 0 fully saturated rings. The molecule has 0 radical (unpaired) electrons. The molecule has 0 bridgehead atoms. The molecule has 1 aliphatic carbocycles. The van der Waals surface area contributed by atoms with Crippen LogP contribution in [-0.4, -0.2) is 4.57 Å². The third-order valence-electron chi connectivity index (χ3n) is 12.0. The molecule has 1 aromatic heterocycles. The minimum Gasteiger partial charge on any atom is -0.456 e. The lowest BCUT2D eigenvalue weighted by Gasteiger charge is -2.28. The lowest BCUT2D eigenvalue weighted by Crippen LogP contribution is -2.18. The third-order valence-corrected chi connectivity index (χ3v) is 12.0. The number of anilines is 3. The maximum absolute atomic E-state index is 6.68. The molecule has 11 rings (SSSR count). The Balaban J connectivity index is 1.13. The van der Waals surface area contributed by atoms with Gasteiger partial charge in [-0.15, -0.1) is 0 Å². The smallest absolute Gasteiger partial charge is 0.137 e. The van der Waals surface area contributed by atoms with Crippen LogP contribution in [-0.2, 0) is 5.41 Å². The first kappa shape index (κ1) is 33.3. The van der Waals surface area contributed by atoms with Gasteiger partial charge in [0, 0.05) is 50.5 Å². The van der Waals surface area contributed by atoms with Gasteiger partial charge in [0.1, 0.15) is 11.5 Å². The van der Waals surface area contributed by atoms with Crippen LogP contribution < -0.4 is 9.64 Å². The van der Waals surface area contributed by atoms with Gasteiger partial charge < -0.3 is 14.2 Å². The Hall–Kier alpha value is -7.10. The summed E-state index contributed by atoms with van der Waals surface area (Å²) >= 11 is 0. The molecule has 9 aromatic rings. The van der Waals surface area contributed by atoms with Gasteiger partial charge >= 0.3 is 0 Å². The second kappa shape index (κ2) is 12.7. The number of allylic oxidation sites excluding steroid dienone is 5. The van der Waals surface area contributed by atoms with Crippen molar-refractivity contribution in [3.05, 3.63) is 200 Å². The fraction of sp³-hybridized carbons (Fsp3) is 0.0741. The van der Waals surface area contributed by atoms with Gasteiger partial charge in [-0.3, -0.25) is 0 Å². The number of ether oxygens (including phenoxy) is 1. The first-order valence-corrected chi connectivity index (χ1v) is 19.8. The monoisotopic (exact) mass is 732 g/mol. The van der Waals surface area contributed by atoms with Crippen molar-refractivity contribution in [2.45, 2.75) is 25.7 Å². The summed E-state index contributed by atoms with van der Waals surface area (Å²) in [5.74, 6) is 1.75. The van der Waals surface area contributed by atoms with Crippen LogP contribution in [0.15, 0.2) is 189 Å². The van der Waals surface area contributed by atoms with E-state index in [1.807, 2.05) is 0 Å². The molecule has 3 nitrogen and oxygen atoms in total. The van der Waals surface area contributed by atoms with E-state index in [2.05, 4.69) is 212 Å². The zero-order chi connectivity index (χ0) is 38.3. The van der Waals surface area contributed by atoms with E-state index in [9.17, 15) is 0 Å². The highest BCUT2D eigenvalue weighted by atomic mass is 16.5. The number of benzene rings is 8. The number of para-hydroxylation sites is 1. The Labute approximate surface area is 332 Å². The van der Waals surface area contributed by atoms with Crippen molar-refractivity contribution in [3.63, 3.8) is 0 Å². The van der Waals surface area contributed by atoms with Gasteiger partial charge in [0.25, 0.3) is 0 Å². The highest BCUT2D eigenvalue weighted by molar-refractivity contribution is 6.22. The van der Waals surface area contributed by atoms with Crippen LogP contribution in [0.4, 0.5) is 17.1 Å². The number of aromatic nitrogens is 1. The van der Waals surface area contributed by atoms with Gasteiger partial charge in [-0.05, 0) is 117 Å². The van der Waals surface area contributed by atoms with Crippen molar-refractivity contribution in [1.29, 1.82) is 0 Å². The van der Waals surface area contributed by atoms with E-state index in [4.69, 9.17) is 4.74 Å². The first-order chi connectivity index (χ1) is 27.9. The van der Waals surface area contributed by atoms with Gasteiger partial charge in [-0.2, -0.15) is 0 Å². The standard InChI is InChI=1S/C54H40N2O/c1-35-14-6-5-11-31-54(2,3)47-33-40(24-27-42(35)47)56-48-30-26-39(32-46(48)53-43-20-10-9-15-36(43)23-29-49(53)56)55(38-18-7-4-8-19-38)41-25-28-44-45-21-12-16-37-17-13-22-50(52(37)45)57-51(44)34-41/h4-30,32-34H,1,31H2,2-3H3/b11-5-,14-6-. The van der Waals surface area contributed by atoms with Crippen molar-refractivity contribution >= 4 is 66.0 Å². The number of fused-ring (bicyclic) bond motifs is 8. The van der Waals surface area contributed by atoms with Crippen LogP contribution in [0.5, 0.6) is 11.5 Å². The van der Waals surface area contributed by atoms with Crippen LogP contribution >= 0.6 is 0 Å². The summed E-state index contributed by atoms with van der Waals surface area (Å²) in [6.45, 7) is 9.15. The molecule has 0 saturated heterocycles. The maximum atomic E-state index is 6.68. The molecule has 57 heavy (non-hydrogen) atoms. The molecule has 0 N–H and O–H groups in total. The minimum absolute atomic E-state index is 0.0845. The number of rotatable bonds is 4. The maximum Gasteiger partial charge on any atom is 0.137 e. The van der Waals surface area contributed by atoms with Crippen LogP contribution in [0.25, 0.3) is 65.7 Å². The largest absolute Gasteiger partial charge is 0.456 e. The zero-order valence-electron chi connectivity index (χ0n) is 32.0. The average molecular weight is 733 g/mol. The van der Waals surface area contributed by atoms with Crippen molar-refractivity contribution in [1.82, 2.24) is 4.57 Å². The number of hydrogen-bond donors (Lipinski definition) is 0. The number of hydrogen-bond acceptors (Lipinski definition) is 2. The predicted octanol–water partition coefficient (Wildman–Crippen LogP) is 15.1. The molecule has 8 aromatic carbocycles. The van der Waals surface area contributed by atoms with Gasteiger partial charge in [-0.1, -0.05) is 130 Å². The van der Waals surface area contributed by atoms with Crippen molar-refractivity contribution in [2.75, 3.05) is 4.90 Å². The van der Waals surface area contributed by atoms with Gasteiger partial charge in [0.05, 0.1) is 11.0 Å². The molecule has 0 saturated carbocycles. The molecule has 0 atom stereocenters. The number of nitrogens with zero attached hydrogens (tertiary/aromatic N) is 2. The normalized spacial score (nSPS) is 15.4. The van der Waals surface area contributed by atoms with E-state index in [0.717, 1.165) is 62.7 Å². The molecule has 0 unspecified atom stereocenters. The molecule has 2 aliphatic rings. The molecule has 1 aliphatic heterocycles. The van der Waals surface area contributed by atoms with E-state index in [-0.39, 0.29) is 5.41 Å². The Morgan fingerprint density at radius 1 is 0.561 bits per heavy atom. The fourth-order valence-electron chi connectivity index (χ4n) is 9.24. The van der Waals surface area contributed by atoms with E-state index >= 15 is 0 Å². The summed E-state index contributed by atoms with van der Waals surface area (Å²) in [5, 5.41) is 7.26. The summed E-state index contributed by atoms with van der Waals surface area (Å²) < 4.78 is 9.13. The SMILES string of the molecule is C=C1/C=C\C=C/CC(C)(C)c2cc(-n3c4ccc(N(c5ccccc5)c5ccc6c(c5)Oc5cccc7cccc-6c57)cc4c4c5ccccc5ccc43)ccc21. The predicted molar refractivity (Wildman–Crippen MR) is 241 cm³/mol. The van der Waals surface area contributed by atoms with Crippen molar-refractivity contribution in [3.8, 4) is 28.3 Å². The van der Waals surface area contributed by atoms with Gasteiger partial charge in [0.2, 0.25) is 0 Å². The summed E-state index contributed by atoms with van der Waals surface area (Å²) in [6, 6.07) is 57.3. The fourth-order valence-corrected chi connectivity index (χ4v) is 9.24.